The summed E-state index contributed by atoms with van der Waals surface area (Å²) in [4.78, 5) is 49.5. The van der Waals surface area contributed by atoms with Gasteiger partial charge >= 0.3 is 11.9 Å². The molecule has 1 aromatic carbocycles. The van der Waals surface area contributed by atoms with E-state index in [1.165, 1.54) is 6.08 Å². The number of amides is 2. The van der Waals surface area contributed by atoms with Crippen LogP contribution in [-0.2, 0) is 19.1 Å². The molecule has 0 saturated carbocycles. The lowest BCUT2D eigenvalue weighted by molar-refractivity contribution is -0.144. The monoisotopic (exact) mass is 345 g/mol. The van der Waals surface area contributed by atoms with Crippen LogP contribution in [-0.4, -0.2) is 49.4 Å². The van der Waals surface area contributed by atoms with E-state index in [1.54, 1.807) is 24.3 Å². The van der Waals surface area contributed by atoms with Crippen LogP contribution < -0.4 is 0 Å². The third-order valence-electron chi connectivity index (χ3n) is 4.03. The van der Waals surface area contributed by atoms with E-state index < -0.39 is 17.9 Å². The Hall–Kier alpha value is -2.96. The molecule has 0 fully saturated rings. The van der Waals surface area contributed by atoms with E-state index in [9.17, 15) is 19.2 Å². The fraction of sp³-hybridized carbons (Fsp3) is 0.333. The SMILES string of the molecule is CCC(C=C(C(=O)OC)C(=O)OC)CN1C(=O)c2ccccc2C1=O. The molecule has 132 valence electrons. The number of ether oxygens (including phenoxy) is 2. The van der Waals surface area contributed by atoms with Crippen molar-refractivity contribution in [3.8, 4) is 0 Å². The van der Waals surface area contributed by atoms with Crippen molar-refractivity contribution in [3.05, 3.63) is 47.0 Å². The zero-order valence-electron chi connectivity index (χ0n) is 14.3. The van der Waals surface area contributed by atoms with E-state index in [1.807, 2.05) is 6.92 Å². The van der Waals surface area contributed by atoms with Crippen LogP contribution in [0.2, 0.25) is 0 Å². The third kappa shape index (κ3) is 3.60. The summed E-state index contributed by atoms with van der Waals surface area (Å²) >= 11 is 0. The first-order chi connectivity index (χ1) is 11.9. The zero-order chi connectivity index (χ0) is 18.6. The molecule has 0 aromatic heterocycles. The van der Waals surface area contributed by atoms with Gasteiger partial charge in [0, 0.05) is 6.54 Å². The maximum absolute atomic E-state index is 12.4. The summed E-state index contributed by atoms with van der Waals surface area (Å²) in [5, 5.41) is 0. The summed E-state index contributed by atoms with van der Waals surface area (Å²) in [5.41, 5.74) is 0.452. The zero-order valence-corrected chi connectivity index (χ0v) is 14.3. The molecule has 1 aromatic rings. The Balaban J connectivity index is 2.27. The number of hydrogen-bond acceptors (Lipinski definition) is 6. The molecular formula is C18H19NO6. The van der Waals surface area contributed by atoms with E-state index in [2.05, 4.69) is 9.47 Å². The quantitative estimate of drug-likeness (QED) is 0.256. The predicted octanol–water partition coefficient (Wildman–Crippen LogP) is 1.58. The first kappa shape index (κ1) is 18.4. The van der Waals surface area contributed by atoms with E-state index in [0.717, 1.165) is 19.1 Å². The normalized spacial score (nSPS) is 14.0. The van der Waals surface area contributed by atoms with Gasteiger partial charge in [0.1, 0.15) is 5.57 Å². The molecule has 7 nitrogen and oxygen atoms in total. The standard InChI is InChI=1S/C18H19NO6/c1-4-11(9-14(17(22)24-2)18(23)25-3)10-19-15(20)12-7-5-6-8-13(12)16(19)21/h5-9,11H,4,10H2,1-3H3. The van der Waals surface area contributed by atoms with Gasteiger partial charge in [0.05, 0.1) is 25.3 Å². The van der Waals surface area contributed by atoms with E-state index in [4.69, 9.17) is 0 Å². The van der Waals surface area contributed by atoms with Crippen LogP contribution in [0.1, 0.15) is 34.1 Å². The largest absolute Gasteiger partial charge is 0.465 e. The number of rotatable bonds is 6. The van der Waals surface area contributed by atoms with Crippen molar-refractivity contribution >= 4 is 23.8 Å². The van der Waals surface area contributed by atoms with Crippen molar-refractivity contribution in [3.63, 3.8) is 0 Å². The Kier molecular flexibility index (Phi) is 5.69. The number of carbonyl (C=O) groups excluding carboxylic acids is 4. The van der Waals surface area contributed by atoms with Gasteiger partial charge < -0.3 is 9.47 Å². The number of carbonyl (C=O) groups is 4. The Morgan fingerprint density at radius 2 is 1.52 bits per heavy atom. The maximum Gasteiger partial charge on any atom is 0.344 e. The summed E-state index contributed by atoms with van der Waals surface area (Å²) in [5.74, 6) is -2.81. The van der Waals surface area contributed by atoms with Gasteiger partial charge in [-0.1, -0.05) is 25.1 Å². The lowest BCUT2D eigenvalue weighted by Gasteiger charge is -2.19. The summed E-state index contributed by atoms with van der Waals surface area (Å²) in [6.45, 7) is 1.88. The number of fused-ring (bicyclic) bond motifs is 1. The smallest absolute Gasteiger partial charge is 0.344 e. The van der Waals surface area contributed by atoms with E-state index in [-0.39, 0.29) is 23.9 Å². The minimum atomic E-state index is -0.826. The lowest BCUT2D eigenvalue weighted by Crippen LogP contribution is -2.34. The van der Waals surface area contributed by atoms with Crippen LogP contribution in [0.15, 0.2) is 35.9 Å². The highest BCUT2D eigenvalue weighted by molar-refractivity contribution is 6.21. The highest BCUT2D eigenvalue weighted by atomic mass is 16.5. The second kappa shape index (κ2) is 7.74. The maximum atomic E-state index is 12.4. The molecule has 0 N–H and O–H groups in total. The second-order valence-corrected chi connectivity index (χ2v) is 5.50. The Bertz CT molecular complexity index is 699. The van der Waals surface area contributed by atoms with Gasteiger partial charge in [0.2, 0.25) is 0 Å². The lowest BCUT2D eigenvalue weighted by atomic mass is 10.0. The minimum Gasteiger partial charge on any atom is -0.465 e. The predicted molar refractivity (Wildman–Crippen MR) is 87.7 cm³/mol. The summed E-state index contributed by atoms with van der Waals surface area (Å²) in [6.07, 6.45) is 1.89. The first-order valence-electron chi connectivity index (χ1n) is 7.78. The number of methoxy groups -OCH3 is 2. The van der Waals surface area contributed by atoms with Crippen LogP contribution in [0, 0.1) is 5.92 Å². The van der Waals surface area contributed by atoms with Gasteiger partial charge in [-0.15, -0.1) is 0 Å². The number of esters is 2. The molecule has 1 heterocycles. The number of hydrogen-bond donors (Lipinski definition) is 0. The summed E-state index contributed by atoms with van der Waals surface area (Å²) in [7, 11) is 2.31. The molecule has 0 aliphatic carbocycles. The number of imide groups is 1. The van der Waals surface area contributed by atoms with Gasteiger partial charge in [0.15, 0.2) is 0 Å². The molecule has 2 rings (SSSR count). The molecule has 0 saturated heterocycles. The molecular weight excluding hydrogens is 326 g/mol. The fourth-order valence-corrected chi connectivity index (χ4v) is 2.61. The molecule has 1 atom stereocenters. The molecule has 0 spiro atoms. The van der Waals surface area contributed by atoms with Crippen LogP contribution in [0.4, 0.5) is 0 Å². The molecule has 0 radical (unpaired) electrons. The van der Waals surface area contributed by atoms with Crippen LogP contribution in [0.25, 0.3) is 0 Å². The second-order valence-electron chi connectivity index (χ2n) is 5.50. The molecule has 0 bridgehead atoms. The van der Waals surface area contributed by atoms with Gasteiger partial charge in [-0.3, -0.25) is 14.5 Å². The van der Waals surface area contributed by atoms with Gasteiger partial charge in [-0.25, -0.2) is 9.59 Å². The van der Waals surface area contributed by atoms with Gasteiger partial charge in [0.25, 0.3) is 11.8 Å². The van der Waals surface area contributed by atoms with Crippen LogP contribution in [0.5, 0.6) is 0 Å². The van der Waals surface area contributed by atoms with E-state index in [0.29, 0.717) is 17.5 Å². The average Bonchev–Trinajstić information content (AvgIpc) is 2.88. The highest BCUT2D eigenvalue weighted by Gasteiger charge is 2.36. The van der Waals surface area contributed by atoms with Crippen molar-refractivity contribution in [2.75, 3.05) is 20.8 Å². The van der Waals surface area contributed by atoms with Crippen molar-refractivity contribution in [2.45, 2.75) is 13.3 Å². The summed E-state index contributed by atoms with van der Waals surface area (Å²) < 4.78 is 9.18. The molecule has 25 heavy (non-hydrogen) atoms. The van der Waals surface area contributed by atoms with Gasteiger partial charge in [-0.2, -0.15) is 0 Å². The topological polar surface area (TPSA) is 90.0 Å². The van der Waals surface area contributed by atoms with Crippen molar-refractivity contribution in [1.29, 1.82) is 0 Å². The molecule has 7 heteroatoms. The van der Waals surface area contributed by atoms with Crippen molar-refractivity contribution in [1.82, 2.24) is 4.90 Å². The minimum absolute atomic E-state index is 0.0559. The Morgan fingerprint density at radius 1 is 1.04 bits per heavy atom. The van der Waals surface area contributed by atoms with Crippen molar-refractivity contribution < 1.29 is 28.7 Å². The molecule has 1 unspecified atom stereocenters. The number of benzene rings is 1. The number of nitrogens with zero attached hydrogens (tertiary/aromatic N) is 1. The summed E-state index contributed by atoms with van der Waals surface area (Å²) in [6, 6.07) is 6.58. The molecule has 1 aliphatic rings. The van der Waals surface area contributed by atoms with Gasteiger partial charge in [-0.05, 0) is 24.5 Å². The van der Waals surface area contributed by atoms with Crippen LogP contribution in [0.3, 0.4) is 0 Å². The fourth-order valence-electron chi connectivity index (χ4n) is 2.61. The molecule has 1 aliphatic heterocycles. The Morgan fingerprint density at radius 3 is 1.92 bits per heavy atom. The molecule has 2 amide bonds. The van der Waals surface area contributed by atoms with E-state index >= 15 is 0 Å². The first-order valence-corrected chi connectivity index (χ1v) is 7.78. The van der Waals surface area contributed by atoms with Crippen molar-refractivity contribution in [2.24, 2.45) is 5.92 Å². The van der Waals surface area contributed by atoms with Crippen LogP contribution >= 0.6 is 0 Å². The Labute approximate surface area is 145 Å². The highest BCUT2D eigenvalue weighted by Crippen LogP contribution is 2.24. The third-order valence-corrected chi connectivity index (χ3v) is 4.03. The average molecular weight is 345 g/mol.